The summed E-state index contributed by atoms with van der Waals surface area (Å²) in [4.78, 5) is 47.0. The molecular weight excluding hydrogens is 893 g/mol. The number of esters is 3. The summed E-state index contributed by atoms with van der Waals surface area (Å²) in [5, 5.41) is 25.5. The molecule has 0 aliphatic carbocycles. The average Bonchev–Trinajstić information content (AvgIpc) is 4.00. The van der Waals surface area contributed by atoms with Gasteiger partial charge in [-0.15, -0.1) is 0 Å². The highest BCUT2D eigenvalue weighted by Gasteiger charge is 2.66. The van der Waals surface area contributed by atoms with Gasteiger partial charge in [-0.05, 0) is 106 Å². The van der Waals surface area contributed by atoms with E-state index in [4.69, 9.17) is 47.4 Å². The summed E-state index contributed by atoms with van der Waals surface area (Å²) in [5.41, 5.74) is -3.78. The first-order valence-electron chi connectivity index (χ1n) is 24.7. The van der Waals surface area contributed by atoms with Crippen LogP contribution in [0.2, 0.25) is 0 Å². The molecule has 2 N–H and O–H groups in total. The number of aliphatic hydroxyl groups is 2. The van der Waals surface area contributed by atoms with Crippen LogP contribution in [0.5, 0.6) is 0 Å². The first-order chi connectivity index (χ1) is 32.3. The molecule has 4 aliphatic rings. The topological polar surface area (TPSA) is 203 Å². The lowest BCUT2D eigenvalue weighted by Gasteiger charge is -2.50. The van der Waals surface area contributed by atoms with Crippen molar-refractivity contribution in [3.63, 3.8) is 0 Å². The minimum atomic E-state index is -1.69. The zero-order chi connectivity index (χ0) is 51.0. The number of hydrogen-bond acceptors (Lipinski definition) is 17. The molecule has 0 spiro atoms. The van der Waals surface area contributed by atoms with Crippen LogP contribution in [0.15, 0.2) is 36.5 Å². The highest BCUT2D eigenvalue weighted by atomic mass is 16.7. The molecular formula is C52H80N2O15. The minimum Gasteiger partial charge on any atom is -0.462 e. The van der Waals surface area contributed by atoms with Crippen molar-refractivity contribution in [3.8, 4) is 0 Å². The number of methoxy groups -OCH3 is 2. The third-order valence-electron chi connectivity index (χ3n) is 15.8. The highest BCUT2D eigenvalue weighted by Crippen LogP contribution is 2.55. The Morgan fingerprint density at radius 1 is 0.942 bits per heavy atom. The van der Waals surface area contributed by atoms with Gasteiger partial charge in [0.15, 0.2) is 18.7 Å². The number of epoxide rings is 1. The largest absolute Gasteiger partial charge is 0.462 e. The summed E-state index contributed by atoms with van der Waals surface area (Å²) >= 11 is 0. The van der Waals surface area contributed by atoms with Crippen LogP contribution in [0, 0.1) is 23.7 Å². The molecule has 388 valence electrons. The van der Waals surface area contributed by atoms with Crippen molar-refractivity contribution in [2.24, 2.45) is 23.7 Å². The second kappa shape index (κ2) is 21.8. The SMILES string of the molecule is CC[C@H]1OC(=O)[C@H](C)[C@@H](OC2C[C@@](C)(OC)[C@@H](OC(C)=O)[C@H](C)O2)[C@@H](C)[C@@H](O[C@@H]2O[C@H](C)C[C@H](N(C)C)[C@H]2O)[C@](C)(OC)C[C@@H](C)C2OC2(C)[C@H](CCOC(=O)c2cnc3ccccc3c2)[C@]1(C)O. The van der Waals surface area contributed by atoms with Crippen LogP contribution in [-0.4, -0.2) is 163 Å². The van der Waals surface area contributed by atoms with Gasteiger partial charge in [0, 0.05) is 57.0 Å². The zero-order valence-corrected chi connectivity index (χ0v) is 43.5. The van der Waals surface area contributed by atoms with E-state index >= 15 is 0 Å². The molecule has 1 aromatic carbocycles. The van der Waals surface area contributed by atoms with Gasteiger partial charge >= 0.3 is 17.9 Å². The van der Waals surface area contributed by atoms with Crippen LogP contribution in [0.25, 0.3) is 10.9 Å². The van der Waals surface area contributed by atoms with E-state index in [0.717, 1.165) is 10.9 Å². The van der Waals surface area contributed by atoms with Gasteiger partial charge in [0.1, 0.15) is 23.4 Å². The van der Waals surface area contributed by atoms with E-state index in [2.05, 4.69) is 11.9 Å². The summed E-state index contributed by atoms with van der Waals surface area (Å²) in [5.74, 6) is -4.33. The van der Waals surface area contributed by atoms with Gasteiger partial charge in [-0.25, -0.2) is 4.79 Å². The fourth-order valence-corrected chi connectivity index (χ4v) is 11.8. The number of para-hydroxylation sites is 1. The second-order valence-electron chi connectivity index (χ2n) is 21.3. The quantitative estimate of drug-likeness (QED) is 0.134. The van der Waals surface area contributed by atoms with Crippen molar-refractivity contribution >= 4 is 28.8 Å². The molecule has 69 heavy (non-hydrogen) atoms. The smallest absolute Gasteiger partial charge is 0.339 e. The fraction of sp³-hybridized carbons (Fsp3) is 0.769. The van der Waals surface area contributed by atoms with E-state index in [1.54, 1.807) is 33.9 Å². The fourth-order valence-electron chi connectivity index (χ4n) is 11.8. The number of aromatic nitrogens is 1. The molecule has 6 rings (SSSR count). The Hall–Kier alpha value is -3.36. The number of rotatable bonds is 13. The number of ether oxygens (including phenoxy) is 10. The summed E-state index contributed by atoms with van der Waals surface area (Å²) in [6.07, 6.45) is -5.21. The molecule has 0 amide bonds. The van der Waals surface area contributed by atoms with Gasteiger partial charge in [-0.3, -0.25) is 14.6 Å². The lowest BCUT2D eigenvalue weighted by Crippen LogP contribution is -2.61. The molecule has 3 unspecified atom stereocenters. The van der Waals surface area contributed by atoms with Crippen LogP contribution >= 0.6 is 0 Å². The number of carbonyl (C=O) groups is 3. The number of nitrogens with zero attached hydrogens (tertiary/aromatic N) is 2. The number of pyridine rings is 1. The molecule has 5 heterocycles. The Morgan fingerprint density at radius 2 is 1.61 bits per heavy atom. The first kappa shape index (κ1) is 55.0. The van der Waals surface area contributed by atoms with E-state index < -0.39 is 113 Å². The third-order valence-corrected chi connectivity index (χ3v) is 15.8. The predicted molar refractivity (Wildman–Crippen MR) is 254 cm³/mol. The van der Waals surface area contributed by atoms with Gasteiger partial charge in [0.05, 0.1) is 65.3 Å². The second-order valence-corrected chi connectivity index (χ2v) is 21.3. The molecule has 19 atom stereocenters. The molecule has 0 bridgehead atoms. The van der Waals surface area contributed by atoms with Crippen LogP contribution < -0.4 is 0 Å². The van der Waals surface area contributed by atoms with Gasteiger partial charge in [0.25, 0.3) is 0 Å². The van der Waals surface area contributed by atoms with Crippen LogP contribution in [0.4, 0.5) is 0 Å². The summed E-state index contributed by atoms with van der Waals surface area (Å²) in [6.45, 7) is 19.8. The number of likely N-dealkylation sites (N-methyl/N-ethyl adjacent to an activating group) is 1. The molecule has 17 nitrogen and oxygen atoms in total. The number of hydrogen-bond donors (Lipinski definition) is 2. The van der Waals surface area contributed by atoms with Crippen LogP contribution in [0.3, 0.4) is 0 Å². The van der Waals surface area contributed by atoms with Crippen molar-refractivity contribution in [2.45, 2.75) is 198 Å². The molecule has 4 fully saturated rings. The minimum absolute atomic E-state index is 0.0684. The number of fused-ring (bicyclic) bond motifs is 2. The van der Waals surface area contributed by atoms with E-state index in [0.29, 0.717) is 18.4 Å². The maximum Gasteiger partial charge on any atom is 0.339 e. The number of carbonyl (C=O) groups excluding carboxylic acids is 3. The maximum absolute atomic E-state index is 14.9. The summed E-state index contributed by atoms with van der Waals surface area (Å²) in [6, 6.07) is 8.95. The van der Waals surface area contributed by atoms with Gasteiger partial charge < -0.3 is 62.5 Å². The number of benzene rings is 1. The van der Waals surface area contributed by atoms with Gasteiger partial charge in [-0.1, -0.05) is 39.0 Å². The Bertz CT molecular complexity index is 2090. The summed E-state index contributed by atoms with van der Waals surface area (Å²) in [7, 11) is 6.95. The Labute approximate surface area is 408 Å². The normalized spacial score (nSPS) is 42.2. The lowest BCUT2D eigenvalue weighted by molar-refractivity contribution is -0.320. The van der Waals surface area contributed by atoms with Crippen molar-refractivity contribution in [3.05, 3.63) is 42.1 Å². The Kier molecular flexibility index (Phi) is 17.3. The molecule has 4 aliphatic heterocycles. The van der Waals surface area contributed by atoms with Gasteiger partial charge in [0.2, 0.25) is 0 Å². The molecule has 4 saturated heterocycles. The average molecular weight is 973 g/mol. The number of cyclic esters (lactones) is 1. The highest BCUT2D eigenvalue weighted by molar-refractivity contribution is 5.93. The monoisotopic (exact) mass is 973 g/mol. The summed E-state index contributed by atoms with van der Waals surface area (Å²) < 4.78 is 64.1. The van der Waals surface area contributed by atoms with Crippen molar-refractivity contribution in [2.75, 3.05) is 34.9 Å². The van der Waals surface area contributed by atoms with Crippen molar-refractivity contribution in [1.29, 1.82) is 0 Å². The Morgan fingerprint density at radius 3 is 2.25 bits per heavy atom. The van der Waals surface area contributed by atoms with E-state index in [-0.39, 0.29) is 43.9 Å². The molecule has 17 heteroatoms. The van der Waals surface area contributed by atoms with Gasteiger partial charge in [-0.2, -0.15) is 0 Å². The van der Waals surface area contributed by atoms with E-state index in [1.165, 1.54) is 20.2 Å². The van der Waals surface area contributed by atoms with Crippen molar-refractivity contribution in [1.82, 2.24) is 9.88 Å². The maximum atomic E-state index is 14.9. The van der Waals surface area contributed by atoms with Crippen LogP contribution in [0.1, 0.15) is 119 Å². The molecule has 1 aromatic heterocycles. The van der Waals surface area contributed by atoms with Crippen molar-refractivity contribution < 1.29 is 72.0 Å². The Balaban J connectivity index is 1.38. The van der Waals surface area contributed by atoms with E-state index in [1.807, 2.05) is 84.8 Å². The zero-order valence-electron chi connectivity index (χ0n) is 43.5. The molecule has 0 saturated carbocycles. The third kappa shape index (κ3) is 11.6. The lowest BCUT2D eigenvalue weighted by atomic mass is 9.69. The first-order valence-corrected chi connectivity index (χ1v) is 24.7. The number of aliphatic hydroxyl groups excluding tert-OH is 1. The molecule has 0 radical (unpaired) electrons. The predicted octanol–water partition coefficient (Wildman–Crippen LogP) is 6.01. The molecule has 2 aromatic rings. The standard InChI is InChI=1S/C52H80N2O15/c1-16-39-51(10,59)38(21-22-62-47(58)35-24-34-19-17-18-20-36(34)53-27-35)52(11)43(69-52)28(2)25-49(8,60-14)44(68-48-41(56)37(54(12)13)23-29(3)63-48)30(4)42(31(5)46(57)66-39)67-40-26-50(9,61-15)45(32(6)64-40)65-33(7)55/h17-20,24,27-32,37-45,48,56,59H,16,21-23,25-26H2,1-15H3/t28-,29-,30-,31-,32+,37+,38-,39-,40?,41-,42+,43?,44-,45+,48+,49-,50-,51+,52?/m1/s1. The van der Waals surface area contributed by atoms with E-state index in [9.17, 15) is 24.6 Å². The van der Waals surface area contributed by atoms with Crippen LogP contribution in [-0.2, 0) is 57.0 Å².